The molecule has 19 heavy (non-hydrogen) atoms. The summed E-state index contributed by atoms with van der Waals surface area (Å²) < 4.78 is 11.1. The van der Waals surface area contributed by atoms with E-state index in [0.29, 0.717) is 24.0 Å². The highest BCUT2D eigenvalue weighted by Crippen LogP contribution is 2.39. The van der Waals surface area contributed by atoms with E-state index in [0.717, 1.165) is 11.4 Å². The van der Waals surface area contributed by atoms with Crippen LogP contribution in [0.2, 0.25) is 5.02 Å². The standard InChI is InChI=1S/C14H14ClNO2S/c1-9(10-2-5-19-8-10)16-12-7-14-13(6-11(12)15)17-3-4-18-14/h2,5-9,16H,3-4H2,1H3. The minimum absolute atomic E-state index is 0.200. The van der Waals surface area contributed by atoms with Gasteiger partial charge in [0, 0.05) is 18.2 Å². The normalized spacial score (nSPS) is 15.1. The van der Waals surface area contributed by atoms with Gasteiger partial charge in [-0.3, -0.25) is 0 Å². The molecule has 0 spiro atoms. The molecule has 1 aromatic carbocycles. The molecule has 0 radical (unpaired) electrons. The SMILES string of the molecule is CC(Nc1cc2c(cc1Cl)OCCO2)c1ccsc1. The highest BCUT2D eigenvalue weighted by atomic mass is 35.5. The Morgan fingerprint density at radius 3 is 2.68 bits per heavy atom. The van der Waals surface area contributed by atoms with Crippen LogP contribution in [-0.4, -0.2) is 13.2 Å². The first-order valence-electron chi connectivity index (χ1n) is 6.12. The molecule has 3 nitrogen and oxygen atoms in total. The maximum absolute atomic E-state index is 6.27. The lowest BCUT2D eigenvalue weighted by molar-refractivity contribution is 0.171. The van der Waals surface area contributed by atoms with Gasteiger partial charge in [-0.15, -0.1) is 0 Å². The van der Waals surface area contributed by atoms with Gasteiger partial charge in [0.15, 0.2) is 11.5 Å². The molecule has 100 valence electrons. The molecule has 0 saturated carbocycles. The third-order valence-electron chi connectivity index (χ3n) is 3.05. The van der Waals surface area contributed by atoms with Crippen LogP contribution in [0.15, 0.2) is 29.0 Å². The molecule has 1 aliphatic rings. The average Bonchev–Trinajstić information content (AvgIpc) is 2.93. The van der Waals surface area contributed by atoms with Crippen LogP contribution in [0.3, 0.4) is 0 Å². The summed E-state index contributed by atoms with van der Waals surface area (Å²) in [7, 11) is 0. The molecule has 3 rings (SSSR count). The Labute approximate surface area is 121 Å². The van der Waals surface area contributed by atoms with Crippen molar-refractivity contribution in [1.82, 2.24) is 0 Å². The van der Waals surface area contributed by atoms with E-state index >= 15 is 0 Å². The number of halogens is 1. The fourth-order valence-electron chi connectivity index (χ4n) is 2.01. The minimum atomic E-state index is 0.200. The molecule has 0 saturated heterocycles. The van der Waals surface area contributed by atoms with E-state index in [1.54, 1.807) is 17.4 Å². The minimum Gasteiger partial charge on any atom is -0.486 e. The van der Waals surface area contributed by atoms with Crippen molar-refractivity contribution in [2.75, 3.05) is 18.5 Å². The van der Waals surface area contributed by atoms with Gasteiger partial charge < -0.3 is 14.8 Å². The molecule has 1 aliphatic heterocycles. The zero-order chi connectivity index (χ0) is 13.2. The van der Waals surface area contributed by atoms with Gasteiger partial charge in [-0.25, -0.2) is 0 Å². The Balaban J connectivity index is 1.84. The van der Waals surface area contributed by atoms with E-state index in [-0.39, 0.29) is 6.04 Å². The summed E-state index contributed by atoms with van der Waals surface area (Å²) in [5.41, 5.74) is 2.11. The first-order valence-corrected chi connectivity index (χ1v) is 7.44. The van der Waals surface area contributed by atoms with E-state index < -0.39 is 0 Å². The van der Waals surface area contributed by atoms with E-state index in [2.05, 4.69) is 29.1 Å². The second kappa shape index (κ2) is 5.31. The molecule has 2 heterocycles. The highest BCUT2D eigenvalue weighted by molar-refractivity contribution is 7.08. The molecular weight excluding hydrogens is 282 g/mol. The second-order valence-corrected chi connectivity index (χ2v) is 5.59. The van der Waals surface area contributed by atoms with E-state index in [1.165, 1.54) is 5.56 Å². The maximum atomic E-state index is 6.27. The van der Waals surface area contributed by atoms with Crippen molar-refractivity contribution < 1.29 is 9.47 Å². The monoisotopic (exact) mass is 295 g/mol. The van der Waals surface area contributed by atoms with Crippen molar-refractivity contribution in [2.24, 2.45) is 0 Å². The van der Waals surface area contributed by atoms with Gasteiger partial charge in [0.1, 0.15) is 13.2 Å². The van der Waals surface area contributed by atoms with Crippen molar-refractivity contribution in [3.8, 4) is 11.5 Å². The predicted octanol–water partition coefficient (Wildman–Crippen LogP) is 4.35. The van der Waals surface area contributed by atoms with Crippen molar-refractivity contribution in [3.05, 3.63) is 39.5 Å². The molecule has 5 heteroatoms. The largest absolute Gasteiger partial charge is 0.486 e. The van der Waals surface area contributed by atoms with Crippen LogP contribution in [0.25, 0.3) is 0 Å². The van der Waals surface area contributed by atoms with Crippen LogP contribution in [0.4, 0.5) is 5.69 Å². The van der Waals surface area contributed by atoms with Gasteiger partial charge in [-0.2, -0.15) is 11.3 Å². The van der Waals surface area contributed by atoms with Gasteiger partial charge in [0.25, 0.3) is 0 Å². The first-order chi connectivity index (χ1) is 9.24. The molecule has 1 aromatic heterocycles. The van der Waals surface area contributed by atoms with Crippen LogP contribution < -0.4 is 14.8 Å². The predicted molar refractivity (Wildman–Crippen MR) is 78.8 cm³/mol. The third kappa shape index (κ3) is 2.65. The Morgan fingerprint density at radius 1 is 1.26 bits per heavy atom. The molecule has 0 amide bonds. The summed E-state index contributed by atoms with van der Waals surface area (Å²) in [6.45, 7) is 3.25. The fraction of sp³-hybridized carbons (Fsp3) is 0.286. The topological polar surface area (TPSA) is 30.5 Å². The maximum Gasteiger partial charge on any atom is 0.163 e. The van der Waals surface area contributed by atoms with Crippen molar-refractivity contribution in [3.63, 3.8) is 0 Å². The summed E-state index contributed by atoms with van der Waals surface area (Å²) in [5.74, 6) is 1.46. The summed E-state index contributed by atoms with van der Waals surface area (Å²) in [4.78, 5) is 0. The van der Waals surface area contributed by atoms with E-state index in [4.69, 9.17) is 21.1 Å². The van der Waals surface area contributed by atoms with Crippen molar-refractivity contribution in [2.45, 2.75) is 13.0 Å². The smallest absolute Gasteiger partial charge is 0.163 e. The molecule has 0 fully saturated rings. The third-order valence-corrected chi connectivity index (χ3v) is 4.06. The summed E-state index contributed by atoms with van der Waals surface area (Å²) in [6, 6.07) is 6.01. The number of anilines is 1. The number of benzene rings is 1. The van der Waals surface area contributed by atoms with Gasteiger partial charge in [0.2, 0.25) is 0 Å². The Kier molecular flexibility index (Phi) is 3.53. The van der Waals surface area contributed by atoms with Crippen LogP contribution in [0.1, 0.15) is 18.5 Å². The van der Waals surface area contributed by atoms with Crippen LogP contribution in [0, 0.1) is 0 Å². The average molecular weight is 296 g/mol. The summed E-state index contributed by atoms with van der Waals surface area (Å²) in [5, 5.41) is 8.24. The number of fused-ring (bicyclic) bond motifs is 1. The summed E-state index contributed by atoms with van der Waals surface area (Å²) in [6.07, 6.45) is 0. The molecule has 0 bridgehead atoms. The Bertz CT molecular complexity index is 571. The molecule has 1 unspecified atom stereocenters. The van der Waals surface area contributed by atoms with Crippen LogP contribution in [0.5, 0.6) is 11.5 Å². The lowest BCUT2D eigenvalue weighted by Gasteiger charge is -2.21. The first kappa shape index (κ1) is 12.6. The van der Waals surface area contributed by atoms with Gasteiger partial charge in [0.05, 0.1) is 10.7 Å². The fourth-order valence-corrected chi connectivity index (χ4v) is 2.97. The molecule has 0 aliphatic carbocycles. The molecule has 1 N–H and O–H groups in total. The Morgan fingerprint density at radius 2 is 2.00 bits per heavy atom. The van der Waals surface area contributed by atoms with E-state index in [1.807, 2.05) is 6.07 Å². The Hall–Kier alpha value is -1.39. The molecule has 1 atom stereocenters. The molecule has 2 aromatic rings. The number of hydrogen-bond acceptors (Lipinski definition) is 4. The molecular formula is C14H14ClNO2S. The second-order valence-electron chi connectivity index (χ2n) is 4.40. The van der Waals surface area contributed by atoms with Crippen LogP contribution >= 0.6 is 22.9 Å². The lowest BCUT2D eigenvalue weighted by atomic mass is 10.1. The van der Waals surface area contributed by atoms with Crippen molar-refractivity contribution >= 4 is 28.6 Å². The van der Waals surface area contributed by atoms with Gasteiger partial charge in [-0.05, 0) is 29.3 Å². The van der Waals surface area contributed by atoms with Gasteiger partial charge >= 0.3 is 0 Å². The zero-order valence-electron chi connectivity index (χ0n) is 10.5. The number of thiophene rings is 1. The number of hydrogen-bond donors (Lipinski definition) is 1. The lowest BCUT2D eigenvalue weighted by Crippen LogP contribution is -2.16. The van der Waals surface area contributed by atoms with E-state index in [9.17, 15) is 0 Å². The number of rotatable bonds is 3. The highest BCUT2D eigenvalue weighted by Gasteiger charge is 2.16. The van der Waals surface area contributed by atoms with Gasteiger partial charge in [-0.1, -0.05) is 11.6 Å². The van der Waals surface area contributed by atoms with Crippen LogP contribution in [-0.2, 0) is 0 Å². The van der Waals surface area contributed by atoms with Crippen molar-refractivity contribution in [1.29, 1.82) is 0 Å². The number of nitrogens with one attached hydrogen (secondary N) is 1. The zero-order valence-corrected chi connectivity index (χ0v) is 12.1. The quantitative estimate of drug-likeness (QED) is 0.913. The number of ether oxygens (including phenoxy) is 2. The summed E-state index contributed by atoms with van der Waals surface area (Å²) >= 11 is 7.96.